The average Bonchev–Trinajstić information content (AvgIpc) is 2.20. The van der Waals surface area contributed by atoms with Crippen LogP contribution in [0.15, 0.2) is 23.6 Å². The van der Waals surface area contributed by atoms with Gasteiger partial charge in [-0.2, -0.15) is 0 Å². The third kappa shape index (κ3) is 5.67. The second kappa shape index (κ2) is 6.42. The Morgan fingerprint density at radius 2 is 1.58 bits per heavy atom. The first-order valence-electron chi connectivity index (χ1n) is 6.88. The molecule has 0 aromatic carbocycles. The smallest absolute Gasteiger partial charge is 0.249 e. The molecule has 0 bridgehead atoms. The molecule has 0 aromatic heterocycles. The molecule has 0 aliphatic rings. The van der Waals surface area contributed by atoms with Gasteiger partial charge in [0.05, 0.1) is 20.9 Å². The molecule has 0 atom stereocenters. The van der Waals surface area contributed by atoms with Gasteiger partial charge in [0.25, 0.3) is 0 Å². The van der Waals surface area contributed by atoms with E-state index in [9.17, 15) is 0 Å². The van der Waals surface area contributed by atoms with Crippen LogP contribution < -0.4 is 0 Å². The monoisotopic (exact) mass is 300 g/mol. The molecule has 0 radical (unpaired) electrons. The molecule has 0 aromatic rings. The molecule has 0 rings (SSSR count). The van der Waals surface area contributed by atoms with E-state index >= 15 is 0 Å². The summed E-state index contributed by atoms with van der Waals surface area (Å²) in [5, 5.41) is 1.43. The first kappa shape index (κ1) is 18.7. The second-order valence-corrected chi connectivity index (χ2v) is 17.5. The van der Waals surface area contributed by atoms with E-state index in [0.29, 0.717) is 6.61 Å². The summed E-state index contributed by atoms with van der Waals surface area (Å²) in [6.07, 6.45) is 1.92. The maximum atomic E-state index is 6.18. The van der Waals surface area contributed by atoms with Crippen molar-refractivity contribution in [3.63, 3.8) is 0 Å². The van der Waals surface area contributed by atoms with Crippen molar-refractivity contribution >= 4 is 16.4 Å². The van der Waals surface area contributed by atoms with Gasteiger partial charge in [-0.25, -0.2) is 0 Å². The van der Waals surface area contributed by atoms with Crippen molar-refractivity contribution in [3.05, 3.63) is 23.6 Å². The molecule has 4 heteroatoms. The lowest BCUT2D eigenvalue weighted by atomic mass is 10.2. The third-order valence-electron chi connectivity index (χ3n) is 3.89. The largest absolute Gasteiger partial charge is 0.549 e. The molecule has 0 saturated heterocycles. The van der Waals surface area contributed by atoms with E-state index in [1.165, 1.54) is 5.20 Å². The zero-order valence-electron chi connectivity index (χ0n) is 14.3. The van der Waals surface area contributed by atoms with E-state index in [1.807, 2.05) is 6.26 Å². The molecule has 0 fully saturated rings. The van der Waals surface area contributed by atoms with E-state index in [4.69, 9.17) is 9.16 Å². The number of methoxy groups -OCH3 is 1. The van der Waals surface area contributed by atoms with Crippen LogP contribution in [0.5, 0.6) is 0 Å². The lowest BCUT2D eigenvalue weighted by Gasteiger charge is -2.35. The Morgan fingerprint density at radius 3 is 1.89 bits per heavy atom. The molecule has 19 heavy (non-hydrogen) atoms. The standard InChI is InChI=1S/C15H32O2Si2/c1-13(18(6,7)8)14(11-16-5)12-17-19(9,10)15(2,3)4/h12H,1,11H2,2-10H3/b14-12-. The van der Waals surface area contributed by atoms with E-state index in [-0.39, 0.29) is 5.04 Å². The van der Waals surface area contributed by atoms with Gasteiger partial charge < -0.3 is 9.16 Å². The predicted octanol–water partition coefficient (Wildman–Crippen LogP) is 4.97. The fourth-order valence-corrected chi connectivity index (χ4v) is 3.11. The van der Waals surface area contributed by atoms with Crippen LogP contribution >= 0.6 is 0 Å². The average molecular weight is 301 g/mol. The summed E-state index contributed by atoms with van der Waals surface area (Å²) in [5.41, 5.74) is 1.12. The van der Waals surface area contributed by atoms with Gasteiger partial charge in [-0.05, 0) is 18.1 Å². The van der Waals surface area contributed by atoms with Crippen LogP contribution in [-0.4, -0.2) is 30.1 Å². The highest BCUT2D eigenvalue weighted by Gasteiger charge is 2.38. The highest BCUT2D eigenvalue weighted by atomic mass is 28.4. The van der Waals surface area contributed by atoms with Crippen LogP contribution in [0.25, 0.3) is 0 Å². The minimum atomic E-state index is -1.76. The fraction of sp³-hybridized carbons (Fsp3) is 0.733. The van der Waals surface area contributed by atoms with Crippen molar-refractivity contribution in [2.45, 2.75) is 58.5 Å². The van der Waals surface area contributed by atoms with Gasteiger partial charge in [-0.3, -0.25) is 0 Å². The topological polar surface area (TPSA) is 18.5 Å². The SMILES string of the molecule is C=C(/C(=C\O[Si](C)(C)C(C)(C)C)COC)[Si](C)(C)C. The van der Waals surface area contributed by atoms with Crippen LogP contribution in [0.2, 0.25) is 37.8 Å². The van der Waals surface area contributed by atoms with Gasteiger partial charge in [0.1, 0.15) is 0 Å². The summed E-state index contributed by atoms with van der Waals surface area (Å²) in [7, 11) is -1.45. The molecule has 0 spiro atoms. The summed E-state index contributed by atoms with van der Waals surface area (Å²) >= 11 is 0. The van der Waals surface area contributed by atoms with Crippen molar-refractivity contribution in [1.82, 2.24) is 0 Å². The number of hydrogen-bond acceptors (Lipinski definition) is 2. The summed E-state index contributed by atoms with van der Waals surface area (Å²) in [4.78, 5) is 0. The lowest BCUT2D eigenvalue weighted by Crippen LogP contribution is -2.39. The molecule has 2 nitrogen and oxygen atoms in total. The van der Waals surface area contributed by atoms with Gasteiger partial charge in [0.15, 0.2) is 0 Å². The van der Waals surface area contributed by atoms with Crippen molar-refractivity contribution in [3.8, 4) is 0 Å². The zero-order chi connectivity index (χ0) is 15.5. The first-order valence-corrected chi connectivity index (χ1v) is 13.3. The van der Waals surface area contributed by atoms with E-state index < -0.39 is 16.4 Å². The second-order valence-electron chi connectivity index (χ2n) is 7.68. The van der Waals surface area contributed by atoms with Gasteiger partial charge in [0.2, 0.25) is 8.32 Å². The summed E-state index contributed by atoms with van der Waals surface area (Å²) in [5.74, 6) is 0. The minimum absolute atomic E-state index is 0.210. The van der Waals surface area contributed by atoms with Crippen LogP contribution in [0, 0.1) is 0 Å². The van der Waals surface area contributed by atoms with Gasteiger partial charge in [-0.1, -0.05) is 52.2 Å². The Kier molecular flexibility index (Phi) is 6.31. The van der Waals surface area contributed by atoms with E-state index in [0.717, 1.165) is 5.57 Å². The molecule has 0 unspecified atom stereocenters. The van der Waals surface area contributed by atoms with Crippen LogP contribution in [-0.2, 0) is 9.16 Å². The molecule has 0 aliphatic carbocycles. The number of ether oxygens (including phenoxy) is 1. The molecule has 112 valence electrons. The van der Waals surface area contributed by atoms with Crippen molar-refractivity contribution in [2.24, 2.45) is 0 Å². The molecule has 0 saturated carbocycles. The fourth-order valence-electron chi connectivity index (χ4n) is 1.22. The molecular formula is C15H32O2Si2. The molecule has 0 amide bonds. The zero-order valence-corrected chi connectivity index (χ0v) is 16.3. The predicted molar refractivity (Wildman–Crippen MR) is 90.7 cm³/mol. The number of hydrogen-bond donors (Lipinski definition) is 0. The molecule has 0 heterocycles. The van der Waals surface area contributed by atoms with Gasteiger partial charge in [-0.15, -0.1) is 0 Å². The lowest BCUT2D eigenvalue weighted by molar-refractivity contribution is 0.225. The van der Waals surface area contributed by atoms with Crippen LogP contribution in [0.3, 0.4) is 0 Å². The Hall–Kier alpha value is -0.326. The molecule has 0 aliphatic heterocycles. The van der Waals surface area contributed by atoms with Crippen molar-refractivity contribution in [1.29, 1.82) is 0 Å². The summed E-state index contributed by atoms with van der Waals surface area (Å²) in [6.45, 7) is 23.0. The van der Waals surface area contributed by atoms with Crippen molar-refractivity contribution in [2.75, 3.05) is 13.7 Å². The maximum Gasteiger partial charge on any atom is 0.249 e. The quantitative estimate of drug-likeness (QED) is 0.391. The highest BCUT2D eigenvalue weighted by molar-refractivity contribution is 6.83. The van der Waals surface area contributed by atoms with Gasteiger partial charge >= 0.3 is 0 Å². The number of rotatable bonds is 6. The van der Waals surface area contributed by atoms with E-state index in [2.05, 4.69) is 60.1 Å². The summed E-state index contributed by atoms with van der Waals surface area (Å²) in [6, 6.07) is 0. The molecular weight excluding hydrogens is 268 g/mol. The highest BCUT2D eigenvalue weighted by Crippen LogP contribution is 2.37. The molecule has 0 N–H and O–H groups in total. The first-order chi connectivity index (χ1) is 8.33. The van der Waals surface area contributed by atoms with Crippen LogP contribution in [0.1, 0.15) is 20.8 Å². The minimum Gasteiger partial charge on any atom is -0.549 e. The normalized spacial score (nSPS) is 14.5. The van der Waals surface area contributed by atoms with Gasteiger partial charge in [0, 0.05) is 12.7 Å². The Balaban J connectivity index is 5.13. The maximum absolute atomic E-state index is 6.18. The van der Waals surface area contributed by atoms with Crippen LogP contribution in [0.4, 0.5) is 0 Å². The Labute approximate surface area is 122 Å². The van der Waals surface area contributed by atoms with E-state index in [1.54, 1.807) is 7.11 Å². The Morgan fingerprint density at radius 1 is 1.11 bits per heavy atom. The van der Waals surface area contributed by atoms with Crippen molar-refractivity contribution < 1.29 is 9.16 Å². The third-order valence-corrected chi connectivity index (χ3v) is 10.3. The Bertz CT molecular complexity index is 344. The summed E-state index contributed by atoms with van der Waals surface area (Å²) < 4.78 is 11.5.